The van der Waals surface area contributed by atoms with E-state index < -0.39 is 0 Å². The summed E-state index contributed by atoms with van der Waals surface area (Å²) in [6, 6.07) is 4.38. The molecule has 1 aliphatic rings. The van der Waals surface area contributed by atoms with E-state index in [1.807, 2.05) is 12.1 Å². The van der Waals surface area contributed by atoms with Crippen molar-refractivity contribution in [1.29, 1.82) is 0 Å². The van der Waals surface area contributed by atoms with Gasteiger partial charge in [-0.25, -0.2) is 0 Å². The minimum absolute atomic E-state index is 0.397. The molecule has 0 aliphatic carbocycles. The molecule has 0 saturated carbocycles. The van der Waals surface area contributed by atoms with Crippen LogP contribution in [0, 0.1) is 0 Å². The second-order valence-corrected chi connectivity index (χ2v) is 3.63. The first kappa shape index (κ1) is 9.71. The predicted molar refractivity (Wildman–Crippen MR) is 50.7 cm³/mol. The number of ether oxygens (including phenoxy) is 1. The van der Waals surface area contributed by atoms with Crippen molar-refractivity contribution in [3.05, 3.63) is 24.2 Å². The van der Waals surface area contributed by atoms with Gasteiger partial charge in [0.15, 0.2) is 11.8 Å². The van der Waals surface area contributed by atoms with Crippen molar-refractivity contribution in [3.63, 3.8) is 0 Å². The molecule has 1 aliphatic heterocycles. The Morgan fingerprint density at radius 3 is 2.79 bits per heavy atom. The minimum Gasteiger partial charge on any atom is -0.463 e. The summed E-state index contributed by atoms with van der Waals surface area (Å²) < 4.78 is 10.8. The van der Waals surface area contributed by atoms with E-state index in [-0.39, 0.29) is 0 Å². The molecular formula is C10H18N2O2+2. The van der Waals surface area contributed by atoms with Crippen LogP contribution in [0.15, 0.2) is 22.8 Å². The van der Waals surface area contributed by atoms with Crippen molar-refractivity contribution in [2.45, 2.75) is 6.04 Å². The number of hydrogen-bond donors (Lipinski definition) is 2. The van der Waals surface area contributed by atoms with Gasteiger partial charge < -0.3 is 19.8 Å². The molecule has 0 aromatic carbocycles. The van der Waals surface area contributed by atoms with E-state index in [1.54, 1.807) is 6.26 Å². The Balaban J connectivity index is 2.04. The Morgan fingerprint density at radius 2 is 2.21 bits per heavy atom. The Hall–Kier alpha value is -0.840. The van der Waals surface area contributed by atoms with Crippen LogP contribution in [0.1, 0.15) is 11.8 Å². The Labute approximate surface area is 83.6 Å². The summed E-state index contributed by atoms with van der Waals surface area (Å²) >= 11 is 0. The van der Waals surface area contributed by atoms with Crippen LogP contribution in [0.2, 0.25) is 0 Å². The van der Waals surface area contributed by atoms with Crippen molar-refractivity contribution in [2.24, 2.45) is 0 Å². The molecule has 4 heteroatoms. The summed E-state index contributed by atoms with van der Waals surface area (Å²) in [5, 5.41) is 0. The summed E-state index contributed by atoms with van der Waals surface area (Å²) in [6.07, 6.45) is 1.73. The standard InChI is InChI=1S/C10H16N2O2/c11-8-9(10-2-1-5-14-10)12-3-6-13-7-4-12/h1-2,5,9H,3-4,6-8,11H2/p+2/t9-/m1/s1. The van der Waals surface area contributed by atoms with Crippen LogP contribution in [-0.4, -0.2) is 32.8 Å². The molecule has 14 heavy (non-hydrogen) atoms. The van der Waals surface area contributed by atoms with Crippen LogP contribution < -0.4 is 10.6 Å². The first-order chi connectivity index (χ1) is 6.92. The summed E-state index contributed by atoms with van der Waals surface area (Å²) in [6.45, 7) is 4.70. The van der Waals surface area contributed by atoms with Gasteiger partial charge in [0.1, 0.15) is 19.6 Å². The third-order valence-corrected chi connectivity index (χ3v) is 2.80. The topological polar surface area (TPSA) is 54.5 Å². The van der Waals surface area contributed by atoms with Crippen LogP contribution in [0.4, 0.5) is 0 Å². The molecule has 1 fully saturated rings. The summed E-state index contributed by atoms with van der Waals surface area (Å²) in [5.41, 5.74) is 4.00. The maximum atomic E-state index is 5.44. The van der Waals surface area contributed by atoms with Gasteiger partial charge in [-0.05, 0) is 12.1 Å². The largest absolute Gasteiger partial charge is 0.463 e. The maximum absolute atomic E-state index is 5.44. The first-order valence-electron chi connectivity index (χ1n) is 5.17. The van der Waals surface area contributed by atoms with E-state index in [0.29, 0.717) is 6.04 Å². The SMILES string of the molecule is [NH3+]C[C@H](c1ccco1)[NH+]1CCOCC1. The lowest BCUT2D eigenvalue weighted by Crippen LogP contribution is -3.15. The quantitative estimate of drug-likeness (QED) is 0.619. The molecule has 0 spiro atoms. The first-order valence-corrected chi connectivity index (χ1v) is 5.17. The van der Waals surface area contributed by atoms with Crippen LogP contribution >= 0.6 is 0 Å². The monoisotopic (exact) mass is 198 g/mol. The van der Waals surface area contributed by atoms with E-state index in [0.717, 1.165) is 38.6 Å². The highest BCUT2D eigenvalue weighted by Gasteiger charge is 2.28. The highest BCUT2D eigenvalue weighted by Crippen LogP contribution is 2.08. The van der Waals surface area contributed by atoms with Gasteiger partial charge in [-0.15, -0.1) is 0 Å². The molecule has 2 heterocycles. The van der Waals surface area contributed by atoms with Crippen LogP contribution in [0.5, 0.6) is 0 Å². The number of rotatable bonds is 3. The lowest BCUT2D eigenvalue weighted by Gasteiger charge is -2.28. The number of morpholine rings is 1. The van der Waals surface area contributed by atoms with Gasteiger partial charge in [-0.3, -0.25) is 0 Å². The number of quaternary nitrogens is 2. The molecule has 0 bridgehead atoms. The normalized spacial score (nSPS) is 20.9. The molecule has 1 atom stereocenters. The molecule has 0 amide bonds. The van der Waals surface area contributed by atoms with E-state index in [9.17, 15) is 0 Å². The summed E-state index contributed by atoms with van der Waals surface area (Å²) in [5.74, 6) is 1.05. The number of hydrogen-bond acceptors (Lipinski definition) is 2. The van der Waals surface area contributed by atoms with Crippen molar-refractivity contribution in [2.75, 3.05) is 32.8 Å². The molecule has 2 rings (SSSR count). The zero-order chi connectivity index (χ0) is 9.80. The van der Waals surface area contributed by atoms with Crippen molar-refractivity contribution in [1.82, 2.24) is 0 Å². The molecule has 1 saturated heterocycles. The van der Waals surface area contributed by atoms with Crippen molar-refractivity contribution >= 4 is 0 Å². The smallest absolute Gasteiger partial charge is 0.195 e. The Morgan fingerprint density at radius 1 is 1.43 bits per heavy atom. The second kappa shape index (κ2) is 4.59. The van der Waals surface area contributed by atoms with Gasteiger partial charge in [0.2, 0.25) is 0 Å². The molecule has 0 unspecified atom stereocenters. The lowest BCUT2D eigenvalue weighted by atomic mass is 10.2. The summed E-state index contributed by atoms with van der Waals surface area (Å²) in [7, 11) is 0. The molecule has 4 N–H and O–H groups in total. The zero-order valence-corrected chi connectivity index (χ0v) is 8.37. The number of furan rings is 1. The Kier molecular flexibility index (Phi) is 3.18. The van der Waals surface area contributed by atoms with E-state index in [2.05, 4.69) is 5.73 Å². The van der Waals surface area contributed by atoms with Gasteiger partial charge in [-0.1, -0.05) is 0 Å². The van der Waals surface area contributed by atoms with Crippen LogP contribution in [0.3, 0.4) is 0 Å². The van der Waals surface area contributed by atoms with E-state index in [1.165, 1.54) is 4.90 Å². The fourth-order valence-electron chi connectivity index (χ4n) is 2.02. The van der Waals surface area contributed by atoms with Crippen LogP contribution in [-0.2, 0) is 4.74 Å². The lowest BCUT2D eigenvalue weighted by molar-refractivity contribution is -0.945. The average molecular weight is 198 g/mol. The third kappa shape index (κ3) is 1.97. The predicted octanol–water partition coefficient (Wildman–Crippen LogP) is -1.52. The molecule has 4 nitrogen and oxygen atoms in total. The zero-order valence-electron chi connectivity index (χ0n) is 8.37. The molecule has 78 valence electrons. The van der Waals surface area contributed by atoms with Gasteiger partial charge in [-0.2, -0.15) is 0 Å². The molecule has 0 radical (unpaired) electrons. The average Bonchev–Trinajstić information content (AvgIpc) is 2.74. The van der Waals surface area contributed by atoms with Crippen molar-refractivity contribution < 1.29 is 19.8 Å². The maximum Gasteiger partial charge on any atom is 0.195 e. The van der Waals surface area contributed by atoms with E-state index in [4.69, 9.17) is 9.15 Å². The fourth-order valence-corrected chi connectivity index (χ4v) is 2.02. The van der Waals surface area contributed by atoms with E-state index >= 15 is 0 Å². The molecule has 1 aromatic heterocycles. The third-order valence-electron chi connectivity index (χ3n) is 2.80. The highest BCUT2D eigenvalue weighted by atomic mass is 16.5. The van der Waals surface area contributed by atoms with Gasteiger partial charge in [0.05, 0.1) is 19.5 Å². The number of nitrogens with one attached hydrogen (secondary N) is 1. The van der Waals surface area contributed by atoms with Gasteiger partial charge >= 0.3 is 0 Å². The van der Waals surface area contributed by atoms with Crippen LogP contribution in [0.25, 0.3) is 0 Å². The molecular weight excluding hydrogens is 180 g/mol. The minimum atomic E-state index is 0.397. The second-order valence-electron chi connectivity index (χ2n) is 3.63. The summed E-state index contributed by atoms with van der Waals surface area (Å²) in [4.78, 5) is 1.53. The fraction of sp³-hybridized carbons (Fsp3) is 0.600. The molecule has 1 aromatic rings. The highest BCUT2D eigenvalue weighted by molar-refractivity contribution is 5.01. The van der Waals surface area contributed by atoms with Crippen molar-refractivity contribution in [3.8, 4) is 0 Å². The van der Waals surface area contributed by atoms with Gasteiger partial charge in [0, 0.05) is 0 Å². The Bertz CT molecular complexity index is 255. The van der Waals surface area contributed by atoms with Gasteiger partial charge in [0.25, 0.3) is 0 Å².